The molecular formula is C14H17ClN6O. The molecule has 1 amide bonds. The van der Waals surface area contributed by atoms with Crippen molar-refractivity contribution in [2.45, 2.75) is 19.4 Å². The molecule has 1 aliphatic heterocycles. The van der Waals surface area contributed by atoms with Crippen LogP contribution in [0.15, 0.2) is 18.2 Å². The minimum Gasteiger partial charge on any atom is -0.377 e. The lowest BCUT2D eigenvalue weighted by molar-refractivity contribution is 0.0793. The molecule has 1 aromatic heterocycles. The van der Waals surface area contributed by atoms with Gasteiger partial charge in [-0.25, -0.2) is 4.68 Å². The van der Waals surface area contributed by atoms with Gasteiger partial charge < -0.3 is 10.2 Å². The van der Waals surface area contributed by atoms with E-state index in [9.17, 15) is 4.79 Å². The standard InChI is InChI=1S/C14H17ClN6O/c1-20-13(17-18-19-20)9-16-12-5-4-10(15)8-11(12)14(22)21-6-2-3-7-21/h4-5,8,16H,2-3,6-7,9H2,1H3. The maximum atomic E-state index is 12.6. The number of carbonyl (C=O) groups is 1. The van der Waals surface area contributed by atoms with Crippen molar-refractivity contribution in [2.24, 2.45) is 7.05 Å². The van der Waals surface area contributed by atoms with Gasteiger partial charge in [0.1, 0.15) is 0 Å². The van der Waals surface area contributed by atoms with Crippen molar-refractivity contribution < 1.29 is 4.79 Å². The first-order valence-electron chi connectivity index (χ1n) is 7.19. The van der Waals surface area contributed by atoms with Crippen LogP contribution < -0.4 is 5.32 Å². The smallest absolute Gasteiger partial charge is 0.256 e. The minimum absolute atomic E-state index is 0.0126. The molecule has 0 saturated carbocycles. The Hall–Kier alpha value is -2.15. The second kappa shape index (κ2) is 6.31. The van der Waals surface area contributed by atoms with Crippen molar-refractivity contribution in [2.75, 3.05) is 18.4 Å². The van der Waals surface area contributed by atoms with Crippen LogP contribution in [-0.2, 0) is 13.6 Å². The second-order valence-corrected chi connectivity index (χ2v) is 5.70. The number of carbonyl (C=O) groups excluding carboxylic acids is 1. The highest BCUT2D eigenvalue weighted by molar-refractivity contribution is 6.31. The van der Waals surface area contributed by atoms with E-state index in [1.54, 1.807) is 23.9 Å². The van der Waals surface area contributed by atoms with Crippen molar-refractivity contribution in [1.82, 2.24) is 25.1 Å². The van der Waals surface area contributed by atoms with Gasteiger partial charge in [0, 0.05) is 30.8 Å². The normalized spacial score (nSPS) is 14.4. The van der Waals surface area contributed by atoms with E-state index < -0.39 is 0 Å². The fourth-order valence-electron chi connectivity index (χ4n) is 2.51. The number of hydrogen-bond donors (Lipinski definition) is 1. The Balaban J connectivity index is 1.81. The molecule has 3 rings (SSSR count). The lowest BCUT2D eigenvalue weighted by Gasteiger charge is -2.18. The van der Waals surface area contributed by atoms with E-state index in [1.165, 1.54) is 0 Å². The van der Waals surface area contributed by atoms with Crippen molar-refractivity contribution in [1.29, 1.82) is 0 Å². The molecule has 0 unspecified atom stereocenters. The van der Waals surface area contributed by atoms with Crippen LogP contribution in [0.2, 0.25) is 5.02 Å². The van der Waals surface area contributed by atoms with Crippen molar-refractivity contribution >= 4 is 23.2 Å². The minimum atomic E-state index is 0.0126. The molecule has 2 heterocycles. The molecule has 8 heteroatoms. The van der Waals surface area contributed by atoms with Crippen LogP contribution in [0.3, 0.4) is 0 Å². The highest BCUT2D eigenvalue weighted by Crippen LogP contribution is 2.24. The quantitative estimate of drug-likeness (QED) is 0.928. The maximum absolute atomic E-state index is 12.6. The van der Waals surface area contributed by atoms with Gasteiger partial charge in [-0.15, -0.1) is 5.10 Å². The molecule has 1 fully saturated rings. The Labute approximate surface area is 133 Å². The molecule has 1 aliphatic rings. The van der Waals surface area contributed by atoms with Gasteiger partial charge in [-0.1, -0.05) is 11.6 Å². The van der Waals surface area contributed by atoms with E-state index in [1.807, 2.05) is 11.0 Å². The van der Waals surface area contributed by atoms with Crippen LogP contribution in [0, 0.1) is 0 Å². The van der Waals surface area contributed by atoms with Crippen LogP contribution in [-0.4, -0.2) is 44.1 Å². The number of tetrazole rings is 1. The second-order valence-electron chi connectivity index (χ2n) is 5.26. The van der Waals surface area contributed by atoms with Crippen LogP contribution >= 0.6 is 11.6 Å². The zero-order chi connectivity index (χ0) is 15.5. The van der Waals surface area contributed by atoms with Gasteiger partial charge in [0.05, 0.1) is 12.1 Å². The molecule has 1 N–H and O–H groups in total. The first-order valence-corrected chi connectivity index (χ1v) is 7.57. The summed E-state index contributed by atoms with van der Waals surface area (Å²) in [5.74, 6) is 0.702. The number of aryl methyl sites for hydroxylation is 1. The van der Waals surface area contributed by atoms with Gasteiger partial charge in [0.2, 0.25) is 0 Å². The number of likely N-dealkylation sites (tertiary alicyclic amines) is 1. The molecule has 0 atom stereocenters. The first-order chi connectivity index (χ1) is 10.6. The van der Waals surface area contributed by atoms with Crippen LogP contribution in [0.4, 0.5) is 5.69 Å². The predicted octanol–water partition coefficient (Wildman–Crippen LogP) is 1.71. The van der Waals surface area contributed by atoms with Crippen molar-refractivity contribution in [3.63, 3.8) is 0 Å². The lowest BCUT2D eigenvalue weighted by atomic mass is 10.1. The number of anilines is 1. The number of hydrogen-bond acceptors (Lipinski definition) is 5. The predicted molar refractivity (Wildman–Crippen MR) is 82.7 cm³/mol. The lowest BCUT2D eigenvalue weighted by Crippen LogP contribution is -2.28. The van der Waals surface area contributed by atoms with Crippen LogP contribution in [0.5, 0.6) is 0 Å². The number of amides is 1. The fourth-order valence-corrected chi connectivity index (χ4v) is 2.68. The van der Waals surface area contributed by atoms with Gasteiger partial charge >= 0.3 is 0 Å². The summed E-state index contributed by atoms with van der Waals surface area (Å²) in [7, 11) is 1.77. The van der Waals surface area contributed by atoms with Crippen molar-refractivity contribution in [3.8, 4) is 0 Å². The number of benzene rings is 1. The largest absolute Gasteiger partial charge is 0.377 e. The number of rotatable bonds is 4. The molecule has 0 radical (unpaired) electrons. The fraction of sp³-hybridized carbons (Fsp3) is 0.429. The monoisotopic (exact) mass is 320 g/mol. The molecular weight excluding hydrogens is 304 g/mol. The number of nitrogens with zero attached hydrogens (tertiary/aromatic N) is 5. The van der Waals surface area contributed by atoms with E-state index in [0.29, 0.717) is 23.0 Å². The van der Waals surface area contributed by atoms with E-state index in [-0.39, 0.29) is 5.91 Å². The van der Waals surface area contributed by atoms with E-state index in [4.69, 9.17) is 11.6 Å². The summed E-state index contributed by atoms with van der Waals surface area (Å²) in [5.41, 5.74) is 1.33. The van der Waals surface area contributed by atoms with Crippen LogP contribution in [0.1, 0.15) is 29.0 Å². The van der Waals surface area contributed by atoms with E-state index in [2.05, 4.69) is 20.8 Å². The highest BCUT2D eigenvalue weighted by atomic mass is 35.5. The van der Waals surface area contributed by atoms with Gasteiger partial charge in [0.25, 0.3) is 5.91 Å². The Kier molecular flexibility index (Phi) is 4.24. The molecule has 22 heavy (non-hydrogen) atoms. The van der Waals surface area contributed by atoms with E-state index in [0.717, 1.165) is 31.6 Å². The SMILES string of the molecule is Cn1nnnc1CNc1ccc(Cl)cc1C(=O)N1CCCC1. The molecule has 1 aromatic carbocycles. The summed E-state index contributed by atoms with van der Waals surface area (Å²) >= 11 is 6.06. The average Bonchev–Trinajstić information content (AvgIpc) is 3.17. The van der Waals surface area contributed by atoms with E-state index >= 15 is 0 Å². The van der Waals surface area contributed by atoms with Crippen molar-refractivity contribution in [3.05, 3.63) is 34.6 Å². The zero-order valence-electron chi connectivity index (χ0n) is 12.3. The summed E-state index contributed by atoms with van der Waals surface area (Å²) in [6.07, 6.45) is 2.11. The molecule has 7 nitrogen and oxygen atoms in total. The number of halogens is 1. The Morgan fingerprint density at radius 1 is 1.36 bits per heavy atom. The molecule has 1 saturated heterocycles. The Bertz CT molecular complexity index is 680. The number of nitrogens with one attached hydrogen (secondary N) is 1. The third-order valence-electron chi connectivity index (χ3n) is 3.75. The summed E-state index contributed by atoms with van der Waals surface area (Å²) in [5, 5.41) is 15.1. The summed E-state index contributed by atoms with van der Waals surface area (Å²) in [6, 6.07) is 5.29. The maximum Gasteiger partial charge on any atom is 0.256 e. The summed E-state index contributed by atoms with van der Waals surface area (Å²) < 4.78 is 1.59. The zero-order valence-corrected chi connectivity index (χ0v) is 13.0. The Morgan fingerprint density at radius 3 is 2.82 bits per heavy atom. The third kappa shape index (κ3) is 3.04. The number of aromatic nitrogens is 4. The Morgan fingerprint density at radius 2 is 2.14 bits per heavy atom. The molecule has 2 aromatic rings. The summed E-state index contributed by atoms with van der Waals surface area (Å²) in [4.78, 5) is 14.5. The van der Waals surface area contributed by atoms with Gasteiger partial charge in [-0.2, -0.15) is 0 Å². The third-order valence-corrected chi connectivity index (χ3v) is 3.99. The van der Waals surface area contributed by atoms with Gasteiger partial charge in [-0.3, -0.25) is 4.79 Å². The van der Waals surface area contributed by atoms with Gasteiger partial charge in [-0.05, 0) is 41.5 Å². The highest BCUT2D eigenvalue weighted by Gasteiger charge is 2.22. The topological polar surface area (TPSA) is 75.9 Å². The van der Waals surface area contributed by atoms with Gasteiger partial charge in [0.15, 0.2) is 5.82 Å². The van der Waals surface area contributed by atoms with Crippen LogP contribution in [0.25, 0.3) is 0 Å². The first kappa shape index (κ1) is 14.8. The summed E-state index contributed by atoms with van der Waals surface area (Å²) in [6.45, 7) is 2.04. The molecule has 0 spiro atoms. The molecule has 0 bridgehead atoms. The molecule has 116 valence electrons. The average molecular weight is 321 g/mol. The molecule has 0 aliphatic carbocycles.